The summed E-state index contributed by atoms with van der Waals surface area (Å²) in [4.78, 5) is 18.6. The Morgan fingerprint density at radius 2 is 1.79 bits per heavy atom. The molecule has 1 N–H and O–H groups in total. The van der Waals surface area contributed by atoms with Crippen LogP contribution in [0, 0.1) is 5.82 Å². The Labute approximate surface area is 143 Å². The molecule has 0 radical (unpaired) electrons. The van der Waals surface area contributed by atoms with Gasteiger partial charge < -0.3 is 14.9 Å². The molecule has 134 valence electrons. The molecule has 1 aliphatic rings. The second-order valence-electron chi connectivity index (χ2n) is 7.19. The Morgan fingerprint density at radius 1 is 1.25 bits per heavy atom. The SMILES string of the molecule is CC(C(=O)N1CCN(c2ccc(F)cc2)CC1)N(C)CC(C)(C)O. The molecule has 1 heterocycles. The second kappa shape index (κ2) is 7.49. The summed E-state index contributed by atoms with van der Waals surface area (Å²) in [5.41, 5.74) is 0.153. The van der Waals surface area contributed by atoms with Gasteiger partial charge in [-0.15, -0.1) is 0 Å². The third-order valence-electron chi connectivity index (χ3n) is 4.44. The number of rotatable bonds is 5. The number of anilines is 1. The fourth-order valence-electron chi connectivity index (χ4n) is 3.04. The molecule has 1 aromatic carbocycles. The quantitative estimate of drug-likeness (QED) is 0.886. The number of nitrogens with zero attached hydrogens (tertiary/aromatic N) is 3. The van der Waals surface area contributed by atoms with Crippen molar-refractivity contribution >= 4 is 11.6 Å². The summed E-state index contributed by atoms with van der Waals surface area (Å²) in [5.74, 6) is -0.156. The van der Waals surface area contributed by atoms with Crippen LogP contribution < -0.4 is 4.90 Å². The zero-order valence-corrected chi connectivity index (χ0v) is 15.0. The Morgan fingerprint density at radius 3 is 2.29 bits per heavy atom. The van der Waals surface area contributed by atoms with Crippen LogP contribution in [-0.2, 0) is 4.79 Å². The lowest BCUT2D eigenvalue weighted by Gasteiger charge is -2.39. The smallest absolute Gasteiger partial charge is 0.239 e. The van der Waals surface area contributed by atoms with Gasteiger partial charge in [-0.3, -0.25) is 9.69 Å². The monoisotopic (exact) mass is 337 g/mol. The van der Waals surface area contributed by atoms with E-state index >= 15 is 0 Å². The van der Waals surface area contributed by atoms with E-state index in [2.05, 4.69) is 4.90 Å². The maximum atomic E-state index is 13.0. The summed E-state index contributed by atoms with van der Waals surface area (Å²) in [7, 11) is 1.86. The van der Waals surface area contributed by atoms with Crippen molar-refractivity contribution in [2.75, 3.05) is 44.7 Å². The molecular weight excluding hydrogens is 309 g/mol. The van der Waals surface area contributed by atoms with E-state index in [1.807, 2.05) is 23.8 Å². The molecule has 0 aromatic heterocycles. The van der Waals surface area contributed by atoms with Gasteiger partial charge in [0, 0.05) is 38.4 Å². The summed E-state index contributed by atoms with van der Waals surface area (Å²) in [6.07, 6.45) is 0. The molecule has 2 rings (SSSR count). The highest BCUT2D eigenvalue weighted by atomic mass is 19.1. The molecule has 0 spiro atoms. The molecule has 6 heteroatoms. The Balaban J connectivity index is 1.89. The largest absolute Gasteiger partial charge is 0.389 e. The normalized spacial score (nSPS) is 17.3. The molecule has 5 nitrogen and oxygen atoms in total. The summed E-state index contributed by atoms with van der Waals surface area (Å²) in [6, 6.07) is 6.19. The van der Waals surface area contributed by atoms with Crippen molar-refractivity contribution < 1.29 is 14.3 Å². The summed E-state index contributed by atoms with van der Waals surface area (Å²) < 4.78 is 13.0. The summed E-state index contributed by atoms with van der Waals surface area (Å²) in [6.45, 7) is 8.56. The van der Waals surface area contributed by atoms with Gasteiger partial charge in [0.05, 0.1) is 11.6 Å². The van der Waals surface area contributed by atoms with Crippen molar-refractivity contribution in [2.24, 2.45) is 0 Å². The number of carbonyl (C=O) groups excluding carboxylic acids is 1. The van der Waals surface area contributed by atoms with Crippen molar-refractivity contribution in [3.05, 3.63) is 30.1 Å². The Hall–Kier alpha value is -1.66. The molecule has 1 fully saturated rings. The highest BCUT2D eigenvalue weighted by molar-refractivity contribution is 5.81. The molecule has 0 aliphatic carbocycles. The maximum Gasteiger partial charge on any atom is 0.239 e. The fraction of sp³-hybridized carbons (Fsp3) is 0.611. The van der Waals surface area contributed by atoms with Crippen molar-refractivity contribution in [2.45, 2.75) is 32.4 Å². The molecule has 1 amide bonds. The minimum Gasteiger partial charge on any atom is -0.389 e. The van der Waals surface area contributed by atoms with Crippen LogP contribution in [0.4, 0.5) is 10.1 Å². The number of likely N-dealkylation sites (N-methyl/N-ethyl adjacent to an activating group) is 1. The zero-order chi connectivity index (χ0) is 17.9. The fourth-order valence-corrected chi connectivity index (χ4v) is 3.04. The first kappa shape index (κ1) is 18.7. The molecule has 1 atom stereocenters. The lowest BCUT2D eigenvalue weighted by Crippen LogP contribution is -2.55. The van der Waals surface area contributed by atoms with Crippen LogP contribution in [-0.4, -0.2) is 72.2 Å². The maximum absolute atomic E-state index is 13.0. The third-order valence-corrected chi connectivity index (χ3v) is 4.44. The molecular formula is C18H28FN3O2. The second-order valence-corrected chi connectivity index (χ2v) is 7.19. The van der Waals surface area contributed by atoms with Crippen LogP contribution in [0.3, 0.4) is 0 Å². The highest BCUT2D eigenvalue weighted by Gasteiger charge is 2.29. The van der Waals surface area contributed by atoms with Gasteiger partial charge in [0.15, 0.2) is 0 Å². The first-order chi connectivity index (χ1) is 11.2. The van der Waals surface area contributed by atoms with E-state index in [4.69, 9.17) is 0 Å². The van der Waals surface area contributed by atoms with Crippen LogP contribution in [0.15, 0.2) is 24.3 Å². The highest BCUT2D eigenvalue weighted by Crippen LogP contribution is 2.18. The zero-order valence-electron chi connectivity index (χ0n) is 15.0. The Kier molecular flexibility index (Phi) is 5.83. The van der Waals surface area contributed by atoms with Crippen LogP contribution >= 0.6 is 0 Å². The van der Waals surface area contributed by atoms with E-state index in [1.165, 1.54) is 12.1 Å². The van der Waals surface area contributed by atoms with Crippen LogP contribution in [0.25, 0.3) is 0 Å². The molecule has 0 saturated carbocycles. The van der Waals surface area contributed by atoms with E-state index in [9.17, 15) is 14.3 Å². The predicted octanol–water partition coefficient (Wildman–Crippen LogP) is 1.57. The number of aliphatic hydroxyl groups is 1. The van der Waals surface area contributed by atoms with E-state index < -0.39 is 5.60 Å². The molecule has 0 bridgehead atoms. The van der Waals surface area contributed by atoms with Crippen molar-refractivity contribution in [3.63, 3.8) is 0 Å². The molecule has 1 aromatic rings. The number of benzene rings is 1. The standard InChI is InChI=1S/C18H28FN3O2/c1-14(20(4)13-18(2,3)24)17(23)22-11-9-21(10-12-22)16-7-5-15(19)6-8-16/h5-8,14,24H,9-13H2,1-4H3. The van der Waals surface area contributed by atoms with Gasteiger partial charge in [0.25, 0.3) is 0 Å². The lowest BCUT2D eigenvalue weighted by atomic mass is 10.1. The Bertz CT molecular complexity index is 548. The molecule has 1 saturated heterocycles. The van der Waals surface area contributed by atoms with E-state index in [0.29, 0.717) is 19.6 Å². The average Bonchev–Trinajstić information content (AvgIpc) is 2.53. The van der Waals surface area contributed by atoms with Crippen LogP contribution in [0.5, 0.6) is 0 Å². The summed E-state index contributed by atoms with van der Waals surface area (Å²) in [5, 5.41) is 9.91. The van der Waals surface area contributed by atoms with Crippen molar-refractivity contribution in [1.82, 2.24) is 9.80 Å². The summed E-state index contributed by atoms with van der Waals surface area (Å²) >= 11 is 0. The first-order valence-corrected chi connectivity index (χ1v) is 8.39. The topological polar surface area (TPSA) is 47.0 Å². The predicted molar refractivity (Wildman–Crippen MR) is 93.6 cm³/mol. The van der Waals surface area contributed by atoms with Gasteiger partial charge in [-0.2, -0.15) is 0 Å². The van der Waals surface area contributed by atoms with Gasteiger partial charge >= 0.3 is 0 Å². The van der Waals surface area contributed by atoms with E-state index in [0.717, 1.165) is 18.8 Å². The third kappa shape index (κ3) is 4.92. The minimum atomic E-state index is -0.829. The first-order valence-electron chi connectivity index (χ1n) is 8.39. The number of halogens is 1. The van der Waals surface area contributed by atoms with Crippen molar-refractivity contribution in [3.8, 4) is 0 Å². The lowest BCUT2D eigenvalue weighted by molar-refractivity contribution is -0.137. The van der Waals surface area contributed by atoms with Crippen LogP contribution in [0.1, 0.15) is 20.8 Å². The van der Waals surface area contributed by atoms with Gasteiger partial charge in [-0.05, 0) is 52.1 Å². The molecule has 24 heavy (non-hydrogen) atoms. The minimum absolute atomic E-state index is 0.0838. The van der Waals surface area contributed by atoms with Gasteiger partial charge in [0.1, 0.15) is 5.82 Å². The number of hydrogen-bond donors (Lipinski definition) is 1. The van der Waals surface area contributed by atoms with E-state index in [-0.39, 0.29) is 17.8 Å². The van der Waals surface area contributed by atoms with E-state index in [1.54, 1.807) is 26.0 Å². The number of carbonyl (C=O) groups is 1. The number of piperazine rings is 1. The van der Waals surface area contributed by atoms with Crippen molar-refractivity contribution in [1.29, 1.82) is 0 Å². The van der Waals surface area contributed by atoms with Crippen LogP contribution in [0.2, 0.25) is 0 Å². The molecule has 1 aliphatic heterocycles. The number of hydrogen-bond acceptors (Lipinski definition) is 4. The van der Waals surface area contributed by atoms with Gasteiger partial charge in [-0.1, -0.05) is 0 Å². The van der Waals surface area contributed by atoms with Gasteiger partial charge in [-0.25, -0.2) is 4.39 Å². The average molecular weight is 337 g/mol. The molecule has 1 unspecified atom stereocenters. The number of amides is 1. The van der Waals surface area contributed by atoms with Gasteiger partial charge in [0.2, 0.25) is 5.91 Å².